The van der Waals surface area contributed by atoms with Gasteiger partial charge in [0.1, 0.15) is 24.3 Å². The molecule has 0 fully saturated rings. The summed E-state index contributed by atoms with van der Waals surface area (Å²) in [5.41, 5.74) is 0.732. The van der Waals surface area contributed by atoms with Crippen molar-refractivity contribution < 1.29 is 19.4 Å². The second-order valence-corrected chi connectivity index (χ2v) is 5.02. The van der Waals surface area contributed by atoms with Gasteiger partial charge in [-0.25, -0.2) is 4.79 Å². The Kier molecular flexibility index (Phi) is 6.19. The van der Waals surface area contributed by atoms with Gasteiger partial charge in [0.25, 0.3) is 0 Å². The van der Waals surface area contributed by atoms with Crippen LogP contribution >= 0.6 is 0 Å². The third-order valence-corrected chi connectivity index (χ3v) is 3.40. The Balaban J connectivity index is 2.40. The monoisotopic (exact) mass is 349 g/mol. The van der Waals surface area contributed by atoms with Crippen LogP contribution in [0.15, 0.2) is 54.2 Å². The van der Waals surface area contributed by atoms with E-state index in [0.717, 1.165) is 11.8 Å². The molecule has 0 saturated heterocycles. The van der Waals surface area contributed by atoms with Crippen molar-refractivity contribution in [3.63, 3.8) is 0 Å². The van der Waals surface area contributed by atoms with Crippen molar-refractivity contribution in [2.45, 2.75) is 6.61 Å². The number of nitriles is 2. The fraction of sp³-hybridized carbons (Fsp3) is 0.105. The quantitative estimate of drug-likeness (QED) is 0.737. The maximum Gasteiger partial charge on any atom is 0.337 e. The summed E-state index contributed by atoms with van der Waals surface area (Å²) in [6.07, 6.45) is 1.12. The Labute approximate surface area is 150 Å². The zero-order valence-electron chi connectivity index (χ0n) is 13.9. The van der Waals surface area contributed by atoms with Crippen LogP contribution in [0.4, 0.5) is 5.69 Å². The third kappa shape index (κ3) is 4.31. The van der Waals surface area contributed by atoms with Crippen LogP contribution < -0.4 is 14.8 Å². The van der Waals surface area contributed by atoms with E-state index < -0.39 is 5.97 Å². The van der Waals surface area contributed by atoms with Gasteiger partial charge in [0.05, 0.1) is 18.4 Å². The molecule has 0 heterocycles. The van der Waals surface area contributed by atoms with Crippen molar-refractivity contribution in [3.05, 3.63) is 65.4 Å². The second kappa shape index (κ2) is 8.76. The molecule has 26 heavy (non-hydrogen) atoms. The average molecular weight is 349 g/mol. The molecule has 2 aromatic carbocycles. The topological polar surface area (TPSA) is 115 Å². The van der Waals surface area contributed by atoms with Crippen LogP contribution in [0.25, 0.3) is 0 Å². The van der Waals surface area contributed by atoms with E-state index in [1.54, 1.807) is 12.1 Å². The molecule has 0 aromatic heterocycles. The first-order valence-electron chi connectivity index (χ1n) is 7.48. The zero-order chi connectivity index (χ0) is 18.9. The second-order valence-electron chi connectivity index (χ2n) is 5.02. The molecule has 0 aliphatic carbocycles. The predicted octanol–water partition coefficient (Wildman–Crippen LogP) is 3.32. The van der Waals surface area contributed by atoms with Crippen LogP contribution in [-0.4, -0.2) is 18.2 Å². The summed E-state index contributed by atoms with van der Waals surface area (Å²) >= 11 is 0. The highest BCUT2D eigenvalue weighted by Crippen LogP contribution is 2.38. The van der Waals surface area contributed by atoms with Gasteiger partial charge in [-0.05, 0) is 17.7 Å². The smallest absolute Gasteiger partial charge is 0.337 e. The molecule has 0 spiro atoms. The van der Waals surface area contributed by atoms with E-state index in [-0.39, 0.29) is 29.2 Å². The molecule has 0 unspecified atom stereocenters. The van der Waals surface area contributed by atoms with Gasteiger partial charge in [0, 0.05) is 6.20 Å². The normalized spacial score (nSPS) is 9.35. The Morgan fingerprint density at radius 2 is 1.88 bits per heavy atom. The van der Waals surface area contributed by atoms with Gasteiger partial charge in [0.2, 0.25) is 0 Å². The minimum Gasteiger partial charge on any atom is -0.491 e. The fourth-order valence-corrected chi connectivity index (χ4v) is 2.17. The molecular weight excluding hydrogens is 334 g/mol. The standard InChI is InChI=1S/C19H15N3O4/c1-25-18-16(26-12-13-5-3-2-4-6-13)8-7-15(19(23)24)17(18)22-11-14(9-20)10-21/h2-8,11,22H,12H2,1H3,(H,23,24). The summed E-state index contributed by atoms with van der Waals surface area (Å²) in [7, 11) is 1.38. The Morgan fingerprint density at radius 3 is 2.46 bits per heavy atom. The van der Waals surface area contributed by atoms with Gasteiger partial charge in [0.15, 0.2) is 11.5 Å². The van der Waals surface area contributed by atoms with Crippen LogP contribution in [-0.2, 0) is 6.61 Å². The zero-order valence-corrected chi connectivity index (χ0v) is 13.9. The number of ether oxygens (including phenoxy) is 2. The summed E-state index contributed by atoms with van der Waals surface area (Å²) in [6.45, 7) is 0.264. The first-order chi connectivity index (χ1) is 12.6. The predicted molar refractivity (Wildman–Crippen MR) is 93.7 cm³/mol. The number of hydrogen-bond acceptors (Lipinski definition) is 6. The van der Waals surface area contributed by atoms with Crippen LogP contribution in [0.2, 0.25) is 0 Å². The number of methoxy groups -OCH3 is 1. The summed E-state index contributed by atoms with van der Waals surface area (Å²) in [4.78, 5) is 11.5. The Bertz CT molecular complexity index is 893. The highest BCUT2D eigenvalue weighted by atomic mass is 16.5. The molecular formula is C19H15N3O4. The van der Waals surface area contributed by atoms with E-state index in [0.29, 0.717) is 5.75 Å². The molecule has 2 N–H and O–H groups in total. The maximum atomic E-state index is 11.5. The number of benzene rings is 2. The molecule has 0 radical (unpaired) electrons. The Hall–Kier alpha value is -3.97. The van der Waals surface area contributed by atoms with Gasteiger partial charge < -0.3 is 19.9 Å². The average Bonchev–Trinajstić information content (AvgIpc) is 2.67. The summed E-state index contributed by atoms with van der Waals surface area (Å²) in [6, 6.07) is 15.7. The SMILES string of the molecule is COc1c(OCc2ccccc2)ccc(C(=O)O)c1NC=C(C#N)C#N. The van der Waals surface area contributed by atoms with Crippen molar-refractivity contribution in [1.82, 2.24) is 0 Å². The number of carbonyl (C=O) groups is 1. The third-order valence-electron chi connectivity index (χ3n) is 3.40. The van der Waals surface area contributed by atoms with Crippen LogP contribution in [0.5, 0.6) is 11.5 Å². The number of nitrogens with zero attached hydrogens (tertiary/aromatic N) is 2. The lowest BCUT2D eigenvalue weighted by Crippen LogP contribution is -2.07. The lowest BCUT2D eigenvalue weighted by Gasteiger charge is -2.16. The molecule has 0 amide bonds. The van der Waals surface area contributed by atoms with Gasteiger partial charge in [-0.3, -0.25) is 0 Å². The van der Waals surface area contributed by atoms with Gasteiger partial charge in [-0.15, -0.1) is 0 Å². The number of rotatable bonds is 7. The highest BCUT2D eigenvalue weighted by molar-refractivity contribution is 5.97. The number of nitrogens with one attached hydrogen (secondary N) is 1. The van der Waals surface area contributed by atoms with Gasteiger partial charge >= 0.3 is 5.97 Å². The summed E-state index contributed by atoms with van der Waals surface area (Å²) in [5, 5.41) is 29.7. The summed E-state index contributed by atoms with van der Waals surface area (Å²) < 4.78 is 11.0. The molecule has 7 nitrogen and oxygen atoms in total. The van der Waals surface area contributed by atoms with E-state index in [9.17, 15) is 9.90 Å². The first kappa shape index (κ1) is 18.4. The lowest BCUT2D eigenvalue weighted by atomic mass is 10.1. The molecule has 0 aliphatic rings. The van der Waals surface area contributed by atoms with E-state index in [2.05, 4.69) is 5.32 Å². The van der Waals surface area contributed by atoms with Crippen LogP contribution in [0.1, 0.15) is 15.9 Å². The molecule has 0 saturated carbocycles. The van der Waals surface area contributed by atoms with Gasteiger partial charge in [-0.1, -0.05) is 30.3 Å². The number of carboxylic acids is 1. The lowest BCUT2D eigenvalue weighted by molar-refractivity contribution is 0.0697. The van der Waals surface area contributed by atoms with Crippen molar-refractivity contribution in [3.8, 4) is 23.6 Å². The molecule has 0 atom stereocenters. The Morgan fingerprint density at radius 1 is 1.19 bits per heavy atom. The van der Waals surface area contributed by atoms with Crippen molar-refractivity contribution in [1.29, 1.82) is 10.5 Å². The van der Waals surface area contributed by atoms with Crippen molar-refractivity contribution >= 4 is 11.7 Å². The molecule has 2 aromatic rings. The fourth-order valence-electron chi connectivity index (χ4n) is 2.17. The first-order valence-corrected chi connectivity index (χ1v) is 7.48. The molecule has 130 valence electrons. The number of anilines is 1. The minimum atomic E-state index is -1.19. The molecule has 0 aliphatic heterocycles. The molecule has 0 bridgehead atoms. The van der Waals surface area contributed by atoms with E-state index in [4.69, 9.17) is 20.0 Å². The van der Waals surface area contributed by atoms with Crippen LogP contribution in [0.3, 0.4) is 0 Å². The van der Waals surface area contributed by atoms with E-state index in [1.807, 2.05) is 30.3 Å². The van der Waals surface area contributed by atoms with Gasteiger partial charge in [-0.2, -0.15) is 10.5 Å². The number of allylic oxidation sites excluding steroid dienone is 1. The molecule has 7 heteroatoms. The maximum absolute atomic E-state index is 11.5. The largest absolute Gasteiger partial charge is 0.491 e. The van der Waals surface area contributed by atoms with E-state index >= 15 is 0 Å². The number of hydrogen-bond donors (Lipinski definition) is 2. The van der Waals surface area contributed by atoms with E-state index in [1.165, 1.54) is 19.2 Å². The number of carboxylic acid groups (broad SMARTS) is 1. The minimum absolute atomic E-state index is 0.0830. The highest BCUT2D eigenvalue weighted by Gasteiger charge is 2.19. The summed E-state index contributed by atoms with van der Waals surface area (Å²) in [5.74, 6) is -0.704. The van der Waals surface area contributed by atoms with Crippen molar-refractivity contribution in [2.75, 3.05) is 12.4 Å². The van der Waals surface area contributed by atoms with Crippen LogP contribution in [0, 0.1) is 22.7 Å². The van der Waals surface area contributed by atoms with Crippen molar-refractivity contribution in [2.24, 2.45) is 0 Å². The molecule has 2 rings (SSSR count). The number of aromatic carboxylic acids is 1.